The molecule has 0 amide bonds. The van der Waals surface area contributed by atoms with Crippen molar-refractivity contribution in [2.24, 2.45) is 0 Å². The van der Waals surface area contributed by atoms with Crippen molar-refractivity contribution in [3.63, 3.8) is 0 Å². The fourth-order valence-corrected chi connectivity index (χ4v) is 4.51. The van der Waals surface area contributed by atoms with Gasteiger partial charge in [-0.25, -0.2) is 4.39 Å². The van der Waals surface area contributed by atoms with Crippen molar-refractivity contribution in [1.82, 2.24) is 9.97 Å². The maximum atomic E-state index is 14.2. The Kier molecular flexibility index (Phi) is 5.55. The number of hydrogen-bond acceptors (Lipinski definition) is 6. The van der Waals surface area contributed by atoms with Crippen LogP contribution >= 0.6 is 0 Å². The lowest BCUT2D eigenvalue weighted by atomic mass is 10.1. The van der Waals surface area contributed by atoms with Gasteiger partial charge < -0.3 is 20.0 Å². The van der Waals surface area contributed by atoms with Gasteiger partial charge in [-0.1, -0.05) is 18.2 Å². The highest BCUT2D eigenvalue weighted by Gasteiger charge is 2.22. The largest absolute Gasteiger partial charge is 0.366 e. The highest BCUT2D eigenvalue weighted by Crippen LogP contribution is 2.28. The van der Waals surface area contributed by atoms with Crippen LogP contribution in [0.3, 0.4) is 0 Å². The summed E-state index contributed by atoms with van der Waals surface area (Å²) in [6.07, 6.45) is 3.56. The van der Waals surface area contributed by atoms with Crippen molar-refractivity contribution in [3.8, 4) is 0 Å². The van der Waals surface area contributed by atoms with Crippen LogP contribution in [0.1, 0.15) is 17.5 Å². The Balaban J connectivity index is 1.35. The van der Waals surface area contributed by atoms with E-state index >= 15 is 0 Å². The van der Waals surface area contributed by atoms with E-state index in [0.717, 1.165) is 49.9 Å². The van der Waals surface area contributed by atoms with E-state index in [-0.39, 0.29) is 5.82 Å². The zero-order valence-electron chi connectivity index (χ0n) is 18.7. The van der Waals surface area contributed by atoms with Crippen LogP contribution in [-0.4, -0.2) is 50.2 Å². The molecule has 1 aliphatic heterocycles. The molecule has 166 valence electrons. The molecule has 2 aromatic carbocycles. The highest BCUT2D eigenvalue weighted by atomic mass is 19.1. The van der Waals surface area contributed by atoms with Crippen LogP contribution in [0.25, 0.3) is 0 Å². The molecule has 1 N–H and O–H groups in total. The van der Waals surface area contributed by atoms with Crippen molar-refractivity contribution in [3.05, 3.63) is 65.5 Å². The average molecular weight is 433 g/mol. The molecule has 2 heterocycles. The minimum atomic E-state index is -0.173. The maximum absolute atomic E-state index is 14.2. The van der Waals surface area contributed by atoms with E-state index in [1.165, 1.54) is 30.0 Å². The highest BCUT2D eigenvalue weighted by molar-refractivity contribution is 5.63. The van der Waals surface area contributed by atoms with Gasteiger partial charge in [0.25, 0.3) is 0 Å². The van der Waals surface area contributed by atoms with Gasteiger partial charge in [-0.2, -0.15) is 9.97 Å². The predicted octanol–water partition coefficient (Wildman–Crippen LogP) is 4.24. The molecule has 32 heavy (non-hydrogen) atoms. The summed E-state index contributed by atoms with van der Waals surface area (Å²) in [5.74, 6) is 2.17. The molecule has 0 atom stereocenters. The molecule has 1 aromatic heterocycles. The number of nitrogens with zero attached hydrogens (tertiary/aromatic N) is 5. The van der Waals surface area contributed by atoms with E-state index in [4.69, 9.17) is 9.97 Å². The number of fused-ring (bicyclic) bond motifs is 1. The minimum absolute atomic E-state index is 0.173. The summed E-state index contributed by atoms with van der Waals surface area (Å²) in [4.78, 5) is 15.9. The van der Waals surface area contributed by atoms with Gasteiger partial charge in [0.1, 0.15) is 17.5 Å². The molecular weight excluding hydrogens is 403 g/mol. The molecule has 0 bridgehead atoms. The number of nitrogens with one attached hydrogen (secondary N) is 1. The Morgan fingerprint density at radius 2 is 1.62 bits per heavy atom. The van der Waals surface area contributed by atoms with Crippen LogP contribution in [0.4, 0.5) is 33.3 Å². The molecule has 6 nitrogen and oxygen atoms in total. The molecule has 1 fully saturated rings. The lowest BCUT2D eigenvalue weighted by Crippen LogP contribution is -2.47. The summed E-state index contributed by atoms with van der Waals surface area (Å²) < 4.78 is 14.2. The average Bonchev–Trinajstić information content (AvgIpc) is 3.27. The molecule has 0 saturated carbocycles. The summed E-state index contributed by atoms with van der Waals surface area (Å²) >= 11 is 0. The van der Waals surface area contributed by atoms with Gasteiger partial charge in [0, 0.05) is 52.0 Å². The second kappa shape index (κ2) is 8.65. The van der Waals surface area contributed by atoms with Gasteiger partial charge in [0.05, 0.1) is 5.69 Å². The van der Waals surface area contributed by atoms with Crippen molar-refractivity contribution >= 4 is 29.0 Å². The summed E-state index contributed by atoms with van der Waals surface area (Å²) in [5, 5.41) is 3.49. The molecule has 7 heteroatoms. The van der Waals surface area contributed by atoms with E-state index < -0.39 is 0 Å². The summed E-state index contributed by atoms with van der Waals surface area (Å²) in [7, 11) is 3.98. The van der Waals surface area contributed by atoms with Gasteiger partial charge in [-0.05, 0) is 54.7 Å². The molecule has 0 radical (unpaired) electrons. The van der Waals surface area contributed by atoms with E-state index in [1.807, 2.05) is 37.2 Å². The lowest BCUT2D eigenvalue weighted by molar-refractivity contribution is 0.594. The van der Waals surface area contributed by atoms with Gasteiger partial charge in [-0.15, -0.1) is 0 Å². The molecule has 1 aliphatic carbocycles. The van der Waals surface area contributed by atoms with Crippen LogP contribution in [0.2, 0.25) is 0 Å². The summed E-state index contributed by atoms with van der Waals surface area (Å²) in [6.45, 7) is 2.93. The molecule has 2 aliphatic rings. The first kappa shape index (κ1) is 20.5. The zero-order chi connectivity index (χ0) is 22.1. The Hall–Kier alpha value is -3.35. The smallest absolute Gasteiger partial charge is 0.229 e. The van der Waals surface area contributed by atoms with Crippen molar-refractivity contribution in [1.29, 1.82) is 0 Å². The summed E-state index contributed by atoms with van der Waals surface area (Å²) in [6, 6.07) is 15.5. The first-order valence-corrected chi connectivity index (χ1v) is 11.3. The minimum Gasteiger partial charge on any atom is -0.366 e. The number of para-hydroxylation sites is 1. The van der Waals surface area contributed by atoms with Crippen molar-refractivity contribution in [2.75, 3.05) is 60.3 Å². The third-order valence-corrected chi connectivity index (χ3v) is 6.29. The fraction of sp³-hybridized carbons (Fsp3) is 0.360. The Morgan fingerprint density at radius 1 is 0.875 bits per heavy atom. The second-order valence-electron chi connectivity index (χ2n) is 8.69. The van der Waals surface area contributed by atoms with Crippen LogP contribution in [0.5, 0.6) is 0 Å². The fourth-order valence-electron chi connectivity index (χ4n) is 4.51. The van der Waals surface area contributed by atoms with Gasteiger partial charge >= 0.3 is 0 Å². The SMILES string of the molecule is CN(C)c1cc(Nc2ccc3c(c2)CCC3)nc(N2CCN(c3ccccc3F)CC2)n1. The quantitative estimate of drug-likeness (QED) is 0.651. The van der Waals surface area contributed by atoms with Crippen LogP contribution in [0.15, 0.2) is 48.5 Å². The first-order valence-electron chi connectivity index (χ1n) is 11.3. The molecule has 5 rings (SSSR count). The Bertz CT molecular complexity index is 1110. The monoisotopic (exact) mass is 432 g/mol. The normalized spacial score (nSPS) is 15.6. The zero-order valence-corrected chi connectivity index (χ0v) is 18.7. The van der Waals surface area contributed by atoms with Gasteiger partial charge in [0.15, 0.2) is 0 Å². The van der Waals surface area contributed by atoms with Gasteiger partial charge in [0.2, 0.25) is 5.95 Å². The first-order chi connectivity index (χ1) is 15.6. The number of anilines is 5. The van der Waals surface area contributed by atoms with Crippen molar-refractivity contribution in [2.45, 2.75) is 19.3 Å². The van der Waals surface area contributed by atoms with E-state index in [0.29, 0.717) is 11.6 Å². The van der Waals surface area contributed by atoms with Crippen LogP contribution < -0.4 is 20.0 Å². The topological polar surface area (TPSA) is 47.5 Å². The van der Waals surface area contributed by atoms with E-state index in [2.05, 4.69) is 33.3 Å². The third kappa shape index (κ3) is 4.20. The molecule has 1 saturated heterocycles. The molecule has 3 aromatic rings. The van der Waals surface area contributed by atoms with Crippen molar-refractivity contribution < 1.29 is 4.39 Å². The maximum Gasteiger partial charge on any atom is 0.229 e. The number of rotatable bonds is 5. The van der Waals surface area contributed by atoms with Gasteiger partial charge in [-0.3, -0.25) is 0 Å². The third-order valence-electron chi connectivity index (χ3n) is 6.29. The van der Waals surface area contributed by atoms with Crippen LogP contribution in [-0.2, 0) is 12.8 Å². The lowest BCUT2D eigenvalue weighted by Gasteiger charge is -2.36. The molecule has 0 spiro atoms. The number of aromatic nitrogens is 2. The Labute approximate surface area is 188 Å². The molecule has 0 unspecified atom stereocenters. The summed E-state index contributed by atoms with van der Waals surface area (Å²) in [5.41, 5.74) is 4.61. The molecular formula is C25H29FN6. The second-order valence-corrected chi connectivity index (χ2v) is 8.69. The number of piperazine rings is 1. The predicted molar refractivity (Wildman–Crippen MR) is 129 cm³/mol. The number of benzene rings is 2. The standard InChI is InChI=1S/C25H29FN6/c1-30(2)24-17-23(27-20-11-10-18-6-5-7-19(18)16-20)28-25(29-24)32-14-12-31(13-15-32)22-9-4-3-8-21(22)26/h3-4,8-11,16-17H,5-7,12-15H2,1-2H3,(H,27,28,29). The van der Waals surface area contributed by atoms with Crippen LogP contribution in [0, 0.1) is 5.82 Å². The van der Waals surface area contributed by atoms with E-state index in [9.17, 15) is 4.39 Å². The number of hydrogen-bond donors (Lipinski definition) is 1. The number of aryl methyl sites for hydroxylation is 2. The van der Waals surface area contributed by atoms with E-state index in [1.54, 1.807) is 6.07 Å². The number of halogens is 1. The Morgan fingerprint density at radius 3 is 2.41 bits per heavy atom.